The molecule has 2 aliphatic carbocycles. The molecule has 2 aliphatic rings. The third-order valence-corrected chi connectivity index (χ3v) is 15.5. The third-order valence-electron chi connectivity index (χ3n) is 13.4. The van der Waals surface area contributed by atoms with Crippen LogP contribution in [-0.4, -0.2) is 74.5 Å². The summed E-state index contributed by atoms with van der Waals surface area (Å²) in [7, 11) is 0. The molecule has 0 atom stereocenters. The molecule has 3 aromatic carbocycles. The smallest absolute Gasteiger partial charge is 0.330 e. The van der Waals surface area contributed by atoms with Crippen LogP contribution in [0.3, 0.4) is 0 Å². The molecule has 0 unspecified atom stereocenters. The Bertz CT molecular complexity index is 2800. The summed E-state index contributed by atoms with van der Waals surface area (Å²) >= 11 is 3.03. The average molecular weight is 1120 g/mol. The minimum atomic E-state index is -0.569. The highest BCUT2D eigenvalue weighted by Gasteiger charge is 2.30. The zero-order valence-electron chi connectivity index (χ0n) is 44.5. The lowest BCUT2D eigenvalue weighted by molar-refractivity contribution is -0.218. The third kappa shape index (κ3) is 20.2. The molecule has 420 valence electrons. The zero-order chi connectivity index (χ0) is 55.4. The number of fused-ring (bicyclic) bond motifs is 1. The number of esters is 5. The molecule has 0 aliphatic heterocycles. The van der Waals surface area contributed by atoms with Crippen LogP contribution in [-0.2, 0) is 43.1 Å². The van der Waals surface area contributed by atoms with Crippen molar-refractivity contribution >= 4 is 62.7 Å². The molecular formula is C61H69NO15S2. The maximum absolute atomic E-state index is 13.6. The molecule has 18 heteroatoms. The molecule has 2 saturated carbocycles. The molecule has 0 radical (unpaired) electrons. The van der Waals surface area contributed by atoms with Gasteiger partial charge in [0, 0.05) is 18.1 Å². The van der Waals surface area contributed by atoms with Crippen molar-refractivity contribution in [1.29, 1.82) is 0 Å². The number of carbonyl (C=O) groups is 5. The van der Waals surface area contributed by atoms with Crippen LogP contribution in [0.1, 0.15) is 109 Å². The van der Waals surface area contributed by atoms with Crippen LogP contribution in [0.25, 0.3) is 20.1 Å². The van der Waals surface area contributed by atoms with Gasteiger partial charge in [-0.1, -0.05) is 25.1 Å². The fourth-order valence-electron chi connectivity index (χ4n) is 8.90. The molecule has 79 heavy (non-hydrogen) atoms. The van der Waals surface area contributed by atoms with E-state index in [-0.39, 0.29) is 48.6 Å². The van der Waals surface area contributed by atoms with Crippen molar-refractivity contribution < 1.29 is 71.6 Å². The van der Waals surface area contributed by atoms with Gasteiger partial charge >= 0.3 is 29.8 Å². The van der Waals surface area contributed by atoms with Gasteiger partial charge in [0.05, 0.1) is 56.2 Å². The Kier molecular flexibility index (Phi) is 24.6. The van der Waals surface area contributed by atoms with Crippen molar-refractivity contribution in [3.8, 4) is 56.4 Å². The first-order valence-corrected chi connectivity index (χ1v) is 28.9. The Hall–Kier alpha value is -7.20. The van der Waals surface area contributed by atoms with Gasteiger partial charge in [-0.3, -0.25) is 14.4 Å². The first kappa shape index (κ1) is 59.5. The van der Waals surface area contributed by atoms with Crippen molar-refractivity contribution in [2.75, 3.05) is 39.6 Å². The lowest BCUT2D eigenvalue weighted by atomic mass is 9.82. The number of ether oxygens (including phenoxy) is 8. The minimum absolute atomic E-state index is 0.0137. The normalized spacial score (nSPS) is 16.8. The number of hydrogen-bond acceptors (Lipinski definition) is 18. The lowest BCUT2D eigenvalue weighted by Crippen LogP contribution is -2.27. The van der Waals surface area contributed by atoms with Crippen LogP contribution >= 0.6 is 22.7 Å². The Balaban J connectivity index is 0.780. The van der Waals surface area contributed by atoms with E-state index in [1.807, 2.05) is 29.6 Å². The fraction of sp³-hybridized carbons (Fsp3) is 0.443. The van der Waals surface area contributed by atoms with E-state index < -0.39 is 17.9 Å². The van der Waals surface area contributed by atoms with E-state index in [1.54, 1.807) is 59.9 Å². The fourth-order valence-corrected chi connectivity index (χ4v) is 10.7. The van der Waals surface area contributed by atoms with Gasteiger partial charge in [0.15, 0.2) is 17.2 Å². The molecule has 0 N–H and O–H groups in total. The van der Waals surface area contributed by atoms with Gasteiger partial charge in [0.25, 0.3) is 0 Å². The summed E-state index contributed by atoms with van der Waals surface area (Å²) in [4.78, 5) is 77.7. The highest BCUT2D eigenvalue weighted by molar-refractivity contribution is 7.25. The van der Waals surface area contributed by atoms with Gasteiger partial charge in [0.1, 0.15) is 45.2 Å². The number of carbonyl (C=O) groups excluding carboxylic acids is 5. The Morgan fingerprint density at radius 3 is 1.77 bits per heavy atom. The largest absolute Gasteiger partial charge is 0.494 e. The van der Waals surface area contributed by atoms with E-state index in [0.29, 0.717) is 97.7 Å². The summed E-state index contributed by atoms with van der Waals surface area (Å²) in [6, 6.07) is 21.8. The van der Waals surface area contributed by atoms with Gasteiger partial charge in [-0.05, 0) is 181 Å². The first-order valence-electron chi connectivity index (χ1n) is 27.2. The van der Waals surface area contributed by atoms with Gasteiger partial charge in [-0.15, -0.1) is 22.7 Å². The minimum Gasteiger partial charge on any atom is -0.494 e. The van der Waals surface area contributed by atoms with Crippen molar-refractivity contribution in [3.63, 3.8) is 0 Å². The van der Waals surface area contributed by atoms with E-state index >= 15 is 0 Å². The summed E-state index contributed by atoms with van der Waals surface area (Å²) in [6.07, 6.45) is 17.8. The Morgan fingerprint density at radius 1 is 0.595 bits per heavy atom. The lowest BCUT2D eigenvalue weighted by Gasteiger charge is -2.26. The molecule has 5 aromatic rings. The quantitative estimate of drug-likeness (QED) is 0.00594. The van der Waals surface area contributed by atoms with Gasteiger partial charge in [0.2, 0.25) is 0 Å². The molecule has 0 amide bonds. The number of aromatic nitrogens is 1. The van der Waals surface area contributed by atoms with Gasteiger partial charge < -0.3 is 42.8 Å². The van der Waals surface area contributed by atoms with Crippen molar-refractivity contribution in [2.24, 2.45) is 23.7 Å². The van der Waals surface area contributed by atoms with Crippen LogP contribution in [0.4, 0.5) is 0 Å². The number of benzene rings is 3. The highest BCUT2D eigenvalue weighted by Crippen LogP contribution is 2.42. The van der Waals surface area contributed by atoms with Crippen LogP contribution in [0.2, 0.25) is 0 Å². The highest BCUT2D eigenvalue weighted by atomic mass is 32.1. The maximum atomic E-state index is 13.6. The molecule has 2 fully saturated rings. The van der Waals surface area contributed by atoms with E-state index in [2.05, 4.69) is 25.2 Å². The number of thiophene rings is 1. The number of hydrogen-bond donors (Lipinski definition) is 0. The van der Waals surface area contributed by atoms with E-state index in [0.717, 1.165) is 98.8 Å². The van der Waals surface area contributed by atoms with Crippen molar-refractivity contribution in [2.45, 2.75) is 109 Å². The number of unbranched alkanes of at least 4 members (excludes halogenated alkanes) is 6. The molecule has 0 spiro atoms. The molecule has 0 saturated heterocycles. The second-order valence-corrected chi connectivity index (χ2v) is 21.2. The molecule has 16 nitrogen and oxygen atoms in total. The Morgan fingerprint density at radius 2 is 1.15 bits per heavy atom. The van der Waals surface area contributed by atoms with Crippen LogP contribution < -0.4 is 28.6 Å². The molecule has 2 aromatic heterocycles. The second kappa shape index (κ2) is 32.6. The van der Waals surface area contributed by atoms with Gasteiger partial charge in [-0.25, -0.2) is 14.6 Å². The van der Waals surface area contributed by atoms with E-state index in [1.165, 1.54) is 17.4 Å². The molecule has 2 heterocycles. The number of rotatable bonds is 31. The monoisotopic (exact) mass is 1120 g/mol. The van der Waals surface area contributed by atoms with Crippen LogP contribution in [0.5, 0.6) is 34.5 Å². The predicted octanol–water partition coefficient (Wildman–Crippen LogP) is 12.8. The topological polar surface area (TPSA) is 191 Å². The van der Waals surface area contributed by atoms with Crippen LogP contribution in [0, 0.1) is 35.7 Å². The molecule has 7 rings (SSSR count). The summed E-state index contributed by atoms with van der Waals surface area (Å²) in [5, 5.41) is 2.79. The number of nitrogens with zero attached hydrogens (tertiary/aromatic N) is 1. The zero-order valence-corrected chi connectivity index (χ0v) is 46.2. The SMILES string of the molecule is C=CC(=O)OCCCCCCOc1ccc(OOCC2CCC(C(=O)Oc3ccc(OC#CC4CCC(C(=O)Oc5ccc(OCCCCCCOC(=O)CCOC(=O)C=C)cc5)CC4)c4nc(-c5cccs5)sc34)CC2)cc1. The van der Waals surface area contributed by atoms with Crippen LogP contribution in [0.15, 0.2) is 103 Å². The molecule has 0 bridgehead atoms. The van der Waals surface area contributed by atoms with Crippen molar-refractivity contribution in [1.82, 2.24) is 4.98 Å². The summed E-state index contributed by atoms with van der Waals surface area (Å²) in [5.74, 6) is 4.56. The summed E-state index contributed by atoms with van der Waals surface area (Å²) < 4.78 is 45.2. The van der Waals surface area contributed by atoms with Gasteiger partial charge in [-0.2, -0.15) is 4.89 Å². The molecular weight excluding hydrogens is 1050 g/mol. The summed E-state index contributed by atoms with van der Waals surface area (Å²) in [5.41, 5.74) is 0.574. The standard InChI is InChI=1S/C61H69NO15S2/c1-3-54(63)71-37-11-7-5-9-36-69-48-25-29-50(30-26-48)77-74-42-44-17-21-46(22-18-44)61(67)76-52-32-31-51(57-58(52)79-59(62-57)53-14-13-41-78-53)70-39-33-43-15-19-45(20-16-43)60(66)75-49-27-23-47(24-28-49)68-35-10-6-8-12-38-72-56(65)34-40-73-55(64)4-2/h3-4,13-14,23-32,41,43-46H,1-2,5-12,15-22,34-38,40,42H2. The maximum Gasteiger partial charge on any atom is 0.330 e. The van der Waals surface area contributed by atoms with E-state index in [9.17, 15) is 24.0 Å². The first-order chi connectivity index (χ1) is 38.6. The average Bonchev–Trinajstić information content (AvgIpc) is 4.37. The second-order valence-electron chi connectivity index (χ2n) is 19.2. The number of thiazole rings is 1. The predicted molar refractivity (Wildman–Crippen MR) is 299 cm³/mol. The van der Waals surface area contributed by atoms with Crippen molar-refractivity contribution in [3.05, 3.63) is 103 Å². The Labute approximate surface area is 469 Å². The van der Waals surface area contributed by atoms with E-state index in [4.69, 9.17) is 52.7 Å². The summed E-state index contributed by atoms with van der Waals surface area (Å²) in [6.45, 7) is 8.91.